The van der Waals surface area contributed by atoms with Crippen LogP contribution >= 0.6 is 0 Å². The molecule has 1 aliphatic heterocycles. The molecule has 1 heterocycles. The van der Waals surface area contributed by atoms with Gasteiger partial charge < -0.3 is 10.4 Å². The first-order valence-corrected chi connectivity index (χ1v) is 5.03. The average Bonchev–Trinajstić information content (AvgIpc) is 2.09. The molecule has 0 amide bonds. The lowest BCUT2D eigenvalue weighted by Gasteiger charge is -2.40. The molecule has 0 radical (unpaired) electrons. The summed E-state index contributed by atoms with van der Waals surface area (Å²) in [5.41, 5.74) is 0. The Bertz CT molecular complexity index is 200. The third-order valence-corrected chi connectivity index (χ3v) is 2.77. The van der Waals surface area contributed by atoms with Crippen LogP contribution in [0.4, 0.5) is 13.2 Å². The molecule has 0 saturated carbocycles. The van der Waals surface area contributed by atoms with Crippen molar-refractivity contribution in [3.05, 3.63) is 0 Å². The van der Waals surface area contributed by atoms with E-state index in [-0.39, 0.29) is 18.6 Å². The fraction of sp³-hybridized carbons (Fsp3) is 1.00. The maximum Gasteiger partial charge on any atom is 0.415 e. The maximum atomic E-state index is 12.2. The van der Waals surface area contributed by atoms with Gasteiger partial charge in [0.1, 0.15) is 0 Å². The summed E-state index contributed by atoms with van der Waals surface area (Å²) in [4.78, 5) is 1.69. The Kier molecular flexibility index (Phi) is 3.97. The van der Waals surface area contributed by atoms with Crippen molar-refractivity contribution in [1.82, 2.24) is 10.2 Å². The van der Waals surface area contributed by atoms with Gasteiger partial charge in [-0.3, -0.25) is 4.90 Å². The second kappa shape index (κ2) is 4.67. The minimum atomic E-state index is -4.52. The van der Waals surface area contributed by atoms with Crippen LogP contribution < -0.4 is 5.32 Å². The third kappa shape index (κ3) is 3.32. The van der Waals surface area contributed by atoms with E-state index in [2.05, 4.69) is 5.32 Å². The van der Waals surface area contributed by atoms with Gasteiger partial charge in [0.2, 0.25) is 0 Å². The summed E-state index contributed by atoms with van der Waals surface area (Å²) < 4.78 is 36.5. The SMILES string of the molecule is CC1CNCC(C)N1CC(O)C(F)(F)F. The number of nitrogens with zero attached hydrogens (tertiary/aromatic N) is 1. The lowest BCUT2D eigenvalue weighted by Crippen LogP contribution is -2.58. The van der Waals surface area contributed by atoms with Gasteiger partial charge in [-0.25, -0.2) is 0 Å². The van der Waals surface area contributed by atoms with Gasteiger partial charge in [0.15, 0.2) is 6.10 Å². The monoisotopic (exact) mass is 226 g/mol. The summed E-state index contributed by atoms with van der Waals surface area (Å²) in [6.45, 7) is 4.69. The van der Waals surface area contributed by atoms with Gasteiger partial charge in [0.25, 0.3) is 0 Å². The van der Waals surface area contributed by atoms with Crippen molar-refractivity contribution in [3.8, 4) is 0 Å². The smallest absolute Gasteiger partial charge is 0.382 e. The highest BCUT2D eigenvalue weighted by molar-refractivity contribution is 4.85. The van der Waals surface area contributed by atoms with E-state index in [1.165, 1.54) is 0 Å². The molecule has 90 valence electrons. The van der Waals surface area contributed by atoms with E-state index in [9.17, 15) is 13.2 Å². The molecule has 15 heavy (non-hydrogen) atoms. The van der Waals surface area contributed by atoms with Crippen LogP contribution in [-0.4, -0.2) is 54.0 Å². The summed E-state index contributed by atoms with van der Waals surface area (Å²) in [5, 5.41) is 12.1. The first kappa shape index (κ1) is 12.7. The lowest BCUT2D eigenvalue weighted by atomic mass is 10.1. The molecule has 0 aromatic carbocycles. The molecule has 0 spiro atoms. The molecule has 3 atom stereocenters. The van der Waals surface area contributed by atoms with E-state index in [0.717, 1.165) is 0 Å². The summed E-state index contributed by atoms with van der Waals surface area (Å²) >= 11 is 0. The van der Waals surface area contributed by atoms with Gasteiger partial charge in [0, 0.05) is 31.7 Å². The van der Waals surface area contributed by atoms with E-state index < -0.39 is 12.3 Å². The van der Waals surface area contributed by atoms with Crippen molar-refractivity contribution in [3.63, 3.8) is 0 Å². The van der Waals surface area contributed by atoms with Crippen LogP contribution in [0.1, 0.15) is 13.8 Å². The molecule has 0 bridgehead atoms. The van der Waals surface area contributed by atoms with Crippen molar-refractivity contribution < 1.29 is 18.3 Å². The Hall–Kier alpha value is -0.330. The van der Waals surface area contributed by atoms with Gasteiger partial charge in [-0.2, -0.15) is 13.2 Å². The second-order valence-corrected chi connectivity index (χ2v) is 4.11. The third-order valence-electron chi connectivity index (χ3n) is 2.77. The average molecular weight is 226 g/mol. The van der Waals surface area contributed by atoms with Crippen LogP contribution in [0, 0.1) is 0 Å². The Morgan fingerprint density at radius 1 is 1.33 bits per heavy atom. The van der Waals surface area contributed by atoms with Gasteiger partial charge >= 0.3 is 6.18 Å². The molecule has 1 fully saturated rings. The standard InChI is InChI=1S/C9H17F3N2O/c1-6-3-13-4-7(2)14(6)5-8(15)9(10,11)12/h6-8,13,15H,3-5H2,1-2H3. The van der Waals surface area contributed by atoms with Crippen LogP contribution in [0.15, 0.2) is 0 Å². The number of nitrogens with one attached hydrogen (secondary N) is 1. The number of β-amino-alcohol motifs (C(OH)–C–C–N with tert-alkyl or cyclic N) is 1. The molecule has 1 saturated heterocycles. The number of piperazine rings is 1. The van der Waals surface area contributed by atoms with Crippen LogP contribution in [0.25, 0.3) is 0 Å². The minimum Gasteiger partial charge on any atom is -0.382 e. The maximum absolute atomic E-state index is 12.2. The first-order chi connectivity index (χ1) is 6.82. The highest BCUT2D eigenvalue weighted by Gasteiger charge is 2.41. The summed E-state index contributed by atoms with van der Waals surface area (Å²) in [7, 11) is 0. The molecule has 3 nitrogen and oxygen atoms in total. The van der Waals surface area contributed by atoms with Crippen LogP contribution in [0.3, 0.4) is 0 Å². The number of rotatable bonds is 2. The molecule has 2 N–H and O–H groups in total. The summed E-state index contributed by atoms with van der Waals surface area (Å²) in [6, 6.07) is 0.0384. The van der Waals surface area contributed by atoms with Gasteiger partial charge in [0.05, 0.1) is 0 Å². The van der Waals surface area contributed by atoms with Crippen molar-refractivity contribution in [2.75, 3.05) is 19.6 Å². The predicted molar refractivity (Wildman–Crippen MR) is 50.6 cm³/mol. The fourth-order valence-corrected chi connectivity index (χ4v) is 1.83. The molecular weight excluding hydrogens is 209 g/mol. The molecule has 0 aliphatic carbocycles. The van der Waals surface area contributed by atoms with E-state index in [1.807, 2.05) is 13.8 Å². The van der Waals surface area contributed by atoms with E-state index in [0.29, 0.717) is 13.1 Å². The predicted octanol–water partition coefficient (Wildman–Crippen LogP) is 0.592. The van der Waals surface area contributed by atoms with Gasteiger partial charge in [-0.15, -0.1) is 0 Å². The van der Waals surface area contributed by atoms with Crippen LogP contribution in [-0.2, 0) is 0 Å². The molecule has 1 rings (SSSR count). The topological polar surface area (TPSA) is 35.5 Å². The molecular formula is C9H17F3N2O. The zero-order valence-electron chi connectivity index (χ0n) is 8.88. The number of hydrogen-bond acceptors (Lipinski definition) is 3. The Labute approximate surface area is 87.3 Å². The largest absolute Gasteiger partial charge is 0.415 e. The molecule has 1 aliphatic rings. The van der Waals surface area contributed by atoms with E-state index in [1.54, 1.807) is 4.90 Å². The van der Waals surface area contributed by atoms with E-state index in [4.69, 9.17) is 5.11 Å². The number of hydrogen-bond donors (Lipinski definition) is 2. The highest BCUT2D eigenvalue weighted by Crippen LogP contribution is 2.22. The zero-order chi connectivity index (χ0) is 11.6. The van der Waals surface area contributed by atoms with Crippen molar-refractivity contribution in [2.24, 2.45) is 0 Å². The second-order valence-electron chi connectivity index (χ2n) is 4.11. The van der Waals surface area contributed by atoms with Crippen LogP contribution in [0.2, 0.25) is 0 Å². The normalized spacial score (nSPS) is 31.6. The Balaban J connectivity index is 2.55. The van der Waals surface area contributed by atoms with Crippen molar-refractivity contribution in [2.45, 2.75) is 38.2 Å². The highest BCUT2D eigenvalue weighted by atomic mass is 19.4. The molecule has 0 aromatic rings. The number of aliphatic hydroxyl groups is 1. The minimum absolute atomic E-state index is 0.0192. The van der Waals surface area contributed by atoms with Gasteiger partial charge in [-0.1, -0.05) is 0 Å². The molecule has 3 unspecified atom stereocenters. The number of alkyl halides is 3. The Morgan fingerprint density at radius 2 is 1.80 bits per heavy atom. The summed E-state index contributed by atoms with van der Waals surface area (Å²) in [5.74, 6) is 0. The molecule has 6 heteroatoms. The van der Waals surface area contributed by atoms with E-state index >= 15 is 0 Å². The van der Waals surface area contributed by atoms with Crippen molar-refractivity contribution in [1.29, 1.82) is 0 Å². The lowest BCUT2D eigenvalue weighted by molar-refractivity contribution is -0.211. The van der Waals surface area contributed by atoms with Gasteiger partial charge in [-0.05, 0) is 13.8 Å². The first-order valence-electron chi connectivity index (χ1n) is 5.03. The zero-order valence-corrected chi connectivity index (χ0v) is 8.88. The Morgan fingerprint density at radius 3 is 2.20 bits per heavy atom. The van der Waals surface area contributed by atoms with Crippen LogP contribution in [0.5, 0.6) is 0 Å². The fourth-order valence-electron chi connectivity index (χ4n) is 1.83. The van der Waals surface area contributed by atoms with Crippen molar-refractivity contribution >= 4 is 0 Å². The summed E-state index contributed by atoms with van der Waals surface area (Å²) in [6.07, 6.45) is -6.77. The quantitative estimate of drug-likeness (QED) is 0.723. The number of aliphatic hydroxyl groups excluding tert-OH is 1. The molecule has 0 aromatic heterocycles. The number of halogens is 3.